The van der Waals surface area contributed by atoms with E-state index in [0.717, 1.165) is 57.8 Å². The van der Waals surface area contributed by atoms with Gasteiger partial charge in [-0.15, -0.1) is 0 Å². The molecule has 6 heteroatoms. The van der Waals surface area contributed by atoms with Crippen LogP contribution in [0.1, 0.15) is 233 Å². The molecule has 0 rings (SSSR count). The number of rotatable bonds is 44. The quantitative estimate of drug-likeness (QED) is 0.0246. The van der Waals surface area contributed by atoms with Crippen LogP contribution in [-0.4, -0.2) is 46.9 Å². The summed E-state index contributed by atoms with van der Waals surface area (Å²) in [5.74, 6) is -0.628. The molecule has 0 aromatic carbocycles. The monoisotopic (exact) mass is 838 g/mol. The number of carbonyl (C=O) groups excluding carboxylic acids is 2. The van der Waals surface area contributed by atoms with Crippen LogP contribution in [-0.2, 0) is 14.3 Å². The first-order chi connectivity index (χ1) is 29.5. The summed E-state index contributed by atoms with van der Waals surface area (Å²) < 4.78 is 5.82. The number of ether oxygens (including phenoxy) is 1. The van der Waals surface area contributed by atoms with Crippen LogP contribution in [0.4, 0.5) is 0 Å². The van der Waals surface area contributed by atoms with Gasteiger partial charge < -0.3 is 20.3 Å². The number of aliphatic hydroxyl groups is 2. The molecule has 0 aromatic rings. The molecule has 0 spiro atoms. The first-order valence-electron chi connectivity index (χ1n) is 25.2. The Kier molecular flexibility index (Phi) is 45.2. The fourth-order valence-corrected chi connectivity index (χ4v) is 7.33. The molecule has 0 fully saturated rings. The highest BCUT2D eigenvalue weighted by Gasteiger charge is 2.23. The summed E-state index contributed by atoms with van der Waals surface area (Å²) in [7, 11) is 0. The number of carbonyl (C=O) groups is 2. The van der Waals surface area contributed by atoms with Gasteiger partial charge in [-0.2, -0.15) is 0 Å². The van der Waals surface area contributed by atoms with Crippen molar-refractivity contribution in [2.24, 2.45) is 0 Å². The Morgan fingerprint density at radius 1 is 0.517 bits per heavy atom. The van der Waals surface area contributed by atoms with E-state index in [0.29, 0.717) is 19.3 Å². The second-order valence-electron chi connectivity index (χ2n) is 17.0. The van der Waals surface area contributed by atoms with Gasteiger partial charge in [0.05, 0.1) is 25.2 Å². The average Bonchev–Trinajstić information content (AvgIpc) is 3.24. The van der Waals surface area contributed by atoms with Gasteiger partial charge in [-0.05, 0) is 44.9 Å². The summed E-state index contributed by atoms with van der Waals surface area (Å²) in [4.78, 5) is 26.0. The van der Waals surface area contributed by atoms with E-state index >= 15 is 0 Å². The molecule has 1 amide bonds. The maximum Gasteiger partial charge on any atom is 0.306 e. The molecule has 0 saturated heterocycles. The molecule has 0 radical (unpaired) electrons. The van der Waals surface area contributed by atoms with Gasteiger partial charge in [-0.3, -0.25) is 9.59 Å². The maximum atomic E-state index is 13.1. The molecule has 0 aliphatic carbocycles. The van der Waals surface area contributed by atoms with Crippen molar-refractivity contribution in [1.29, 1.82) is 0 Å². The van der Waals surface area contributed by atoms with Crippen LogP contribution in [0.3, 0.4) is 0 Å². The average molecular weight is 838 g/mol. The second-order valence-corrected chi connectivity index (χ2v) is 17.0. The zero-order valence-electron chi connectivity index (χ0n) is 39.3. The summed E-state index contributed by atoms with van der Waals surface area (Å²) in [5.41, 5.74) is 0. The lowest BCUT2D eigenvalue weighted by atomic mass is 10.0. The number of allylic oxidation sites excluding steroid dienone is 11. The highest BCUT2D eigenvalue weighted by atomic mass is 16.5. The molecule has 6 nitrogen and oxygen atoms in total. The summed E-state index contributed by atoms with van der Waals surface area (Å²) in [6.45, 7) is 6.29. The number of aliphatic hydroxyl groups excluding tert-OH is 2. The third-order valence-electron chi connectivity index (χ3n) is 11.1. The molecule has 0 bridgehead atoms. The number of hydrogen-bond donors (Lipinski definition) is 3. The molecular formula is C54H95NO5. The van der Waals surface area contributed by atoms with Crippen LogP contribution in [0.15, 0.2) is 72.9 Å². The van der Waals surface area contributed by atoms with Gasteiger partial charge in [0.1, 0.15) is 6.10 Å². The fraction of sp³-hybridized carbons (Fsp3) is 0.741. The lowest BCUT2D eigenvalue weighted by Gasteiger charge is -2.24. The van der Waals surface area contributed by atoms with Gasteiger partial charge in [-0.1, -0.05) is 241 Å². The molecule has 0 saturated carbocycles. The van der Waals surface area contributed by atoms with Gasteiger partial charge in [0.2, 0.25) is 5.91 Å². The van der Waals surface area contributed by atoms with Crippen molar-refractivity contribution >= 4 is 11.9 Å². The molecule has 0 aliphatic rings. The van der Waals surface area contributed by atoms with Gasteiger partial charge in [-0.25, -0.2) is 0 Å². The Bertz CT molecular complexity index is 1120. The van der Waals surface area contributed by atoms with Crippen molar-refractivity contribution in [3.63, 3.8) is 0 Å². The standard InChI is InChI=1S/C54H95NO5/c1-4-7-10-13-16-19-22-24-26-27-28-31-34-37-40-43-46-52(57)51(49-56)55-53(58)48-50(45-42-39-36-33-30-21-18-15-12-9-6-3)60-54(59)47-44-41-38-35-32-29-25-23-20-17-14-11-8-5-2/h9,12,15,18,21,29-30,32-33,36,39,42,50-52,56-57H,4-8,10-11,13-14,16-17,19-20,22-28,31,34-35,37-38,40-41,43-49H2,1-3H3,(H,55,58)/b12-9+,18-15+,30-21-,32-29-,36-33-,42-39+. The largest absolute Gasteiger partial charge is 0.461 e. The molecule has 3 atom stereocenters. The first-order valence-corrected chi connectivity index (χ1v) is 25.2. The third-order valence-corrected chi connectivity index (χ3v) is 11.1. The van der Waals surface area contributed by atoms with E-state index in [9.17, 15) is 19.8 Å². The van der Waals surface area contributed by atoms with Crippen molar-refractivity contribution in [2.45, 2.75) is 251 Å². The zero-order chi connectivity index (χ0) is 43.8. The molecule has 346 valence electrons. The van der Waals surface area contributed by atoms with Gasteiger partial charge >= 0.3 is 5.97 Å². The highest BCUT2D eigenvalue weighted by Crippen LogP contribution is 2.16. The molecule has 0 heterocycles. The van der Waals surface area contributed by atoms with E-state index in [1.807, 2.05) is 54.7 Å². The minimum atomic E-state index is -0.822. The predicted molar refractivity (Wildman–Crippen MR) is 259 cm³/mol. The smallest absolute Gasteiger partial charge is 0.306 e. The zero-order valence-corrected chi connectivity index (χ0v) is 39.3. The van der Waals surface area contributed by atoms with E-state index in [4.69, 9.17) is 4.74 Å². The van der Waals surface area contributed by atoms with Crippen LogP contribution in [0, 0.1) is 0 Å². The van der Waals surface area contributed by atoms with E-state index in [1.54, 1.807) is 0 Å². The summed E-state index contributed by atoms with van der Waals surface area (Å²) in [6.07, 6.45) is 59.9. The van der Waals surface area contributed by atoms with Crippen LogP contribution in [0.25, 0.3) is 0 Å². The Balaban J connectivity index is 4.64. The van der Waals surface area contributed by atoms with Crippen LogP contribution >= 0.6 is 0 Å². The van der Waals surface area contributed by atoms with Gasteiger partial charge in [0.15, 0.2) is 0 Å². The number of amides is 1. The van der Waals surface area contributed by atoms with Crippen molar-refractivity contribution in [3.05, 3.63) is 72.9 Å². The molecule has 60 heavy (non-hydrogen) atoms. The number of unbranched alkanes of at least 4 members (excludes halogenated alkanes) is 25. The summed E-state index contributed by atoms with van der Waals surface area (Å²) in [5, 5.41) is 23.7. The van der Waals surface area contributed by atoms with E-state index in [1.165, 1.54) is 128 Å². The Hall–Kier alpha value is -2.70. The molecule has 0 aromatic heterocycles. The predicted octanol–water partition coefficient (Wildman–Crippen LogP) is 15.0. The highest BCUT2D eigenvalue weighted by molar-refractivity contribution is 5.77. The maximum absolute atomic E-state index is 13.1. The van der Waals surface area contributed by atoms with Crippen molar-refractivity contribution in [1.82, 2.24) is 5.32 Å². The number of nitrogens with one attached hydrogen (secondary N) is 1. The molecule has 0 aliphatic heterocycles. The Labute approximate surface area is 371 Å². The number of hydrogen-bond acceptors (Lipinski definition) is 5. The van der Waals surface area contributed by atoms with E-state index in [2.05, 4.69) is 44.3 Å². The van der Waals surface area contributed by atoms with E-state index in [-0.39, 0.29) is 24.9 Å². The fourth-order valence-electron chi connectivity index (χ4n) is 7.33. The minimum Gasteiger partial charge on any atom is -0.461 e. The first kappa shape index (κ1) is 57.3. The lowest BCUT2D eigenvalue weighted by molar-refractivity contribution is -0.150. The van der Waals surface area contributed by atoms with Crippen molar-refractivity contribution < 1.29 is 24.5 Å². The minimum absolute atomic E-state index is 0.0262. The van der Waals surface area contributed by atoms with Crippen LogP contribution in [0.5, 0.6) is 0 Å². The molecule has 3 unspecified atom stereocenters. The lowest BCUT2D eigenvalue weighted by Crippen LogP contribution is -2.46. The normalized spacial score (nSPS) is 13.9. The Morgan fingerprint density at radius 3 is 1.40 bits per heavy atom. The van der Waals surface area contributed by atoms with Crippen LogP contribution in [0.2, 0.25) is 0 Å². The Morgan fingerprint density at radius 2 is 0.933 bits per heavy atom. The van der Waals surface area contributed by atoms with Gasteiger partial charge in [0.25, 0.3) is 0 Å². The molecule has 3 N–H and O–H groups in total. The van der Waals surface area contributed by atoms with E-state index < -0.39 is 18.2 Å². The summed E-state index contributed by atoms with van der Waals surface area (Å²) in [6, 6.07) is -0.744. The summed E-state index contributed by atoms with van der Waals surface area (Å²) >= 11 is 0. The third kappa shape index (κ3) is 42.0. The van der Waals surface area contributed by atoms with Crippen LogP contribution < -0.4 is 5.32 Å². The van der Waals surface area contributed by atoms with Crippen molar-refractivity contribution in [3.8, 4) is 0 Å². The van der Waals surface area contributed by atoms with Gasteiger partial charge in [0, 0.05) is 12.8 Å². The SMILES string of the molecule is CC/C=C/C=C/C=C\C=C/C=C/CC(CC(=O)NC(CO)C(O)CCCCCCCCCCCCCCCCCC)OC(=O)CCCCC/C=C\CCCCCCCCC. The number of esters is 1. The topological polar surface area (TPSA) is 95.9 Å². The molecular weight excluding hydrogens is 743 g/mol. The second kappa shape index (κ2) is 47.4. The van der Waals surface area contributed by atoms with Crippen molar-refractivity contribution in [2.75, 3.05) is 6.61 Å².